The molecule has 1 aromatic rings. The van der Waals surface area contributed by atoms with Gasteiger partial charge in [0.25, 0.3) is 0 Å². The Morgan fingerprint density at radius 1 is 1.13 bits per heavy atom. The van der Waals surface area contributed by atoms with E-state index in [0.29, 0.717) is 12.1 Å². The fourth-order valence-corrected chi connectivity index (χ4v) is 3.43. The molecule has 23 heavy (non-hydrogen) atoms. The molecule has 0 saturated heterocycles. The van der Waals surface area contributed by atoms with Crippen LogP contribution >= 0.6 is 24.8 Å². The maximum absolute atomic E-state index is 12.8. The molecule has 2 atom stereocenters. The average molecular weight is 360 g/mol. The predicted octanol–water partition coefficient (Wildman–Crippen LogP) is 2.04. The first-order valence-electron chi connectivity index (χ1n) is 7.57. The number of hydrogen-bond donors (Lipinski definition) is 2. The van der Waals surface area contributed by atoms with E-state index in [9.17, 15) is 9.59 Å². The summed E-state index contributed by atoms with van der Waals surface area (Å²) in [7, 11) is 0. The average Bonchev–Trinajstić information content (AvgIpc) is 2.90. The number of amides is 2. The fourth-order valence-electron chi connectivity index (χ4n) is 3.43. The Morgan fingerprint density at radius 3 is 2.48 bits per heavy atom. The van der Waals surface area contributed by atoms with Crippen LogP contribution < -0.4 is 16.4 Å². The number of carbonyl (C=O) groups is 2. The van der Waals surface area contributed by atoms with Gasteiger partial charge in [-0.1, -0.05) is 18.9 Å². The molecule has 2 aliphatic rings. The van der Waals surface area contributed by atoms with Crippen LogP contribution in [0.5, 0.6) is 0 Å². The Kier molecular flexibility index (Phi) is 6.86. The number of primary amides is 1. The van der Waals surface area contributed by atoms with E-state index in [1.165, 1.54) is 0 Å². The smallest absolute Gasteiger partial charge is 0.248 e. The standard InChI is InChI=1S/C16H21N3O2.2ClH/c17-13-4-2-1-3-12(13)16(21)19-8-7-10-5-6-11(15(18)20)9-14(10)19;;/h5-6,9,12-13H,1-4,7-8,17H2,(H2,18,20);2*1H/t12-,13+;;/m1../s1. The molecule has 1 aliphatic carbocycles. The summed E-state index contributed by atoms with van der Waals surface area (Å²) in [6.07, 6.45) is 4.77. The maximum Gasteiger partial charge on any atom is 0.248 e. The molecular formula is C16H23Cl2N3O2. The van der Waals surface area contributed by atoms with Crippen LogP contribution in [0.3, 0.4) is 0 Å². The summed E-state index contributed by atoms with van der Waals surface area (Å²) in [5.74, 6) is -0.462. The van der Waals surface area contributed by atoms with Crippen molar-refractivity contribution in [2.75, 3.05) is 11.4 Å². The van der Waals surface area contributed by atoms with Crippen LogP contribution in [0, 0.1) is 5.92 Å². The number of hydrogen-bond acceptors (Lipinski definition) is 3. The van der Waals surface area contributed by atoms with Gasteiger partial charge in [-0.15, -0.1) is 24.8 Å². The highest BCUT2D eigenvalue weighted by Crippen LogP contribution is 2.33. The third-order valence-corrected chi connectivity index (χ3v) is 4.67. The van der Waals surface area contributed by atoms with Gasteiger partial charge in [0.15, 0.2) is 0 Å². The second kappa shape index (κ2) is 7.99. The molecule has 128 valence electrons. The molecule has 1 aliphatic heterocycles. The van der Waals surface area contributed by atoms with Crippen molar-refractivity contribution in [2.45, 2.75) is 38.1 Å². The van der Waals surface area contributed by atoms with Crippen LogP contribution in [-0.2, 0) is 11.2 Å². The molecule has 2 amide bonds. The van der Waals surface area contributed by atoms with E-state index < -0.39 is 5.91 Å². The minimum atomic E-state index is -0.466. The summed E-state index contributed by atoms with van der Waals surface area (Å²) >= 11 is 0. The fraction of sp³-hybridized carbons (Fsp3) is 0.500. The molecule has 0 spiro atoms. The van der Waals surface area contributed by atoms with Gasteiger partial charge in [0.2, 0.25) is 11.8 Å². The van der Waals surface area contributed by atoms with Gasteiger partial charge in [-0.2, -0.15) is 0 Å². The Morgan fingerprint density at radius 2 is 1.83 bits per heavy atom. The van der Waals surface area contributed by atoms with E-state index >= 15 is 0 Å². The summed E-state index contributed by atoms with van der Waals surface area (Å²) in [5.41, 5.74) is 13.8. The van der Waals surface area contributed by atoms with Crippen LogP contribution in [0.4, 0.5) is 5.69 Å². The minimum Gasteiger partial charge on any atom is -0.366 e. The van der Waals surface area contributed by atoms with Crippen molar-refractivity contribution in [1.82, 2.24) is 0 Å². The SMILES string of the molecule is Cl.Cl.NC(=O)c1ccc2c(c1)N(C(=O)[C@@H]1CCCC[C@@H]1N)CC2. The quantitative estimate of drug-likeness (QED) is 0.846. The number of fused-ring (bicyclic) bond motifs is 1. The summed E-state index contributed by atoms with van der Waals surface area (Å²) in [4.78, 5) is 25.9. The monoisotopic (exact) mass is 359 g/mol. The number of nitrogens with zero attached hydrogens (tertiary/aromatic N) is 1. The Bertz CT molecular complexity index is 595. The van der Waals surface area contributed by atoms with Gasteiger partial charge in [0.1, 0.15) is 0 Å². The summed E-state index contributed by atoms with van der Waals surface area (Å²) in [6.45, 7) is 0.666. The van der Waals surface area contributed by atoms with Gasteiger partial charge in [-0.05, 0) is 37.0 Å². The molecule has 0 aromatic heterocycles. The van der Waals surface area contributed by atoms with Crippen LogP contribution in [0.1, 0.15) is 41.6 Å². The van der Waals surface area contributed by atoms with Gasteiger partial charge in [-0.25, -0.2) is 0 Å². The van der Waals surface area contributed by atoms with E-state index in [2.05, 4.69) is 0 Å². The van der Waals surface area contributed by atoms with Gasteiger partial charge in [-0.3, -0.25) is 9.59 Å². The zero-order chi connectivity index (χ0) is 15.0. The molecule has 5 nitrogen and oxygen atoms in total. The molecule has 0 radical (unpaired) electrons. The lowest BCUT2D eigenvalue weighted by molar-refractivity contribution is -0.123. The molecular weight excluding hydrogens is 337 g/mol. The number of benzene rings is 1. The first-order chi connectivity index (χ1) is 10.1. The number of carbonyl (C=O) groups excluding carboxylic acids is 2. The first-order valence-corrected chi connectivity index (χ1v) is 7.57. The second-order valence-electron chi connectivity index (χ2n) is 6.00. The molecule has 3 rings (SSSR count). The second-order valence-corrected chi connectivity index (χ2v) is 6.00. The number of rotatable bonds is 2. The van der Waals surface area contributed by atoms with Crippen LogP contribution in [-0.4, -0.2) is 24.4 Å². The maximum atomic E-state index is 12.8. The molecule has 1 heterocycles. The third-order valence-electron chi connectivity index (χ3n) is 4.67. The van der Waals surface area contributed by atoms with E-state index in [0.717, 1.165) is 43.4 Å². The van der Waals surface area contributed by atoms with Crippen molar-refractivity contribution in [3.05, 3.63) is 29.3 Å². The lowest BCUT2D eigenvalue weighted by Gasteiger charge is -2.31. The molecule has 4 N–H and O–H groups in total. The Balaban J connectivity index is 0.00000132. The Labute approximate surface area is 148 Å². The lowest BCUT2D eigenvalue weighted by Crippen LogP contribution is -2.45. The van der Waals surface area contributed by atoms with Crippen molar-refractivity contribution in [3.8, 4) is 0 Å². The van der Waals surface area contributed by atoms with Gasteiger partial charge < -0.3 is 16.4 Å². The summed E-state index contributed by atoms with van der Waals surface area (Å²) in [6, 6.07) is 5.30. The van der Waals surface area contributed by atoms with E-state index in [1.54, 1.807) is 17.0 Å². The highest BCUT2D eigenvalue weighted by atomic mass is 35.5. The van der Waals surface area contributed by atoms with Crippen molar-refractivity contribution in [3.63, 3.8) is 0 Å². The number of anilines is 1. The topological polar surface area (TPSA) is 89.4 Å². The molecule has 7 heteroatoms. The van der Waals surface area contributed by atoms with Gasteiger partial charge in [0.05, 0.1) is 5.92 Å². The molecule has 1 fully saturated rings. The predicted molar refractivity (Wildman–Crippen MR) is 95.4 cm³/mol. The number of halogens is 2. The van der Waals surface area contributed by atoms with E-state index in [-0.39, 0.29) is 42.7 Å². The Hall–Kier alpha value is -1.30. The van der Waals surface area contributed by atoms with Crippen molar-refractivity contribution < 1.29 is 9.59 Å². The third kappa shape index (κ3) is 3.79. The first kappa shape index (κ1) is 19.7. The van der Waals surface area contributed by atoms with E-state index in [1.807, 2.05) is 6.07 Å². The number of nitrogens with two attached hydrogens (primary N) is 2. The van der Waals surface area contributed by atoms with Crippen LogP contribution in [0.25, 0.3) is 0 Å². The molecule has 1 saturated carbocycles. The van der Waals surface area contributed by atoms with Crippen molar-refractivity contribution in [1.29, 1.82) is 0 Å². The summed E-state index contributed by atoms with van der Waals surface area (Å²) < 4.78 is 0. The van der Waals surface area contributed by atoms with Crippen LogP contribution in [0.15, 0.2) is 18.2 Å². The largest absolute Gasteiger partial charge is 0.366 e. The van der Waals surface area contributed by atoms with Gasteiger partial charge in [0, 0.05) is 23.8 Å². The normalized spacial score (nSPS) is 22.6. The van der Waals surface area contributed by atoms with Crippen molar-refractivity contribution in [2.24, 2.45) is 17.4 Å². The van der Waals surface area contributed by atoms with Crippen LogP contribution in [0.2, 0.25) is 0 Å². The lowest BCUT2D eigenvalue weighted by atomic mass is 9.84. The molecule has 0 bridgehead atoms. The zero-order valence-corrected chi connectivity index (χ0v) is 14.5. The van der Waals surface area contributed by atoms with Gasteiger partial charge >= 0.3 is 0 Å². The zero-order valence-electron chi connectivity index (χ0n) is 12.9. The minimum absolute atomic E-state index is 0. The molecule has 0 unspecified atom stereocenters. The summed E-state index contributed by atoms with van der Waals surface area (Å²) in [5, 5.41) is 0. The van der Waals surface area contributed by atoms with Crippen molar-refractivity contribution >= 4 is 42.3 Å². The highest BCUT2D eigenvalue weighted by Gasteiger charge is 2.35. The van der Waals surface area contributed by atoms with E-state index in [4.69, 9.17) is 11.5 Å². The molecule has 1 aromatic carbocycles. The highest BCUT2D eigenvalue weighted by molar-refractivity contribution is 6.00.